The number of anilines is 2. The number of hydrogen-bond acceptors (Lipinski definition) is 5. The Morgan fingerprint density at radius 2 is 1.82 bits per heavy atom. The second kappa shape index (κ2) is 9.91. The van der Waals surface area contributed by atoms with E-state index in [0.29, 0.717) is 26.7 Å². The van der Waals surface area contributed by atoms with Gasteiger partial charge in [-0.2, -0.15) is 0 Å². The predicted octanol–water partition coefficient (Wildman–Crippen LogP) is 7.82. The molecule has 8 heteroatoms. The van der Waals surface area contributed by atoms with E-state index in [-0.39, 0.29) is 11.4 Å². The Hall–Kier alpha value is -2.93. The average Bonchev–Trinajstić information content (AvgIpc) is 3.17. The highest BCUT2D eigenvalue weighted by atomic mass is 35.5. The van der Waals surface area contributed by atoms with Crippen molar-refractivity contribution >= 4 is 51.5 Å². The number of pyridine rings is 1. The van der Waals surface area contributed by atoms with E-state index >= 15 is 0 Å². The summed E-state index contributed by atoms with van der Waals surface area (Å²) in [6.07, 6.45) is 2.41. The quantitative estimate of drug-likeness (QED) is 0.272. The number of carboxylic acids is 1. The molecule has 0 amide bonds. The van der Waals surface area contributed by atoms with Gasteiger partial charge in [-0.15, -0.1) is 11.3 Å². The molecule has 0 aliphatic rings. The molecule has 2 aromatic carbocycles. The Morgan fingerprint density at radius 1 is 1.06 bits per heavy atom. The molecule has 0 spiro atoms. The highest BCUT2D eigenvalue weighted by Crippen LogP contribution is 2.37. The van der Waals surface area contributed by atoms with Gasteiger partial charge in [0, 0.05) is 22.2 Å². The topological polar surface area (TPSA) is 75.1 Å². The van der Waals surface area contributed by atoms with Crippen LogP contribution in [0.2, 0.25) is 10.0 Å². The van der Waals surface area contributed by atoms with Crippen molar-refractivity contribution in [1.29, 1.82) is 0 Å². The van der Waals surface area contributed by atoms with Gasteiger partial charge in [0.15, 0.2) is 5.13 Å². The Bertz CT molecular complexity index is 1310. The molecular formula is C25H21Cl2N3O2S. The van der Waals surface area contributed by atoms with E-state index in [1.54, 1.807) is 24.4 Å². The molecule has 0 unspecified atom stereocenters. The van der Waals surface area contributed by atoms with Gasteiger partial charge in [0.25, 0.3) is 0 Å². The lowest BCUT2D eigenvalue weighted by Gasteiger charge is -2.11. The molecule has 0 bridgehead atoms. The summed E-state index contributed by atoms with van der Waals surface area (Å²) in [4.78, 5) is 22.4. The van der Waals surface area contributed by atoms with Crippen LogP contribution in [0.15, 0.2) is 60.8 Å². The molecular weight excluding hydrogens is 477 g/mol. The van der Waals surface area contributed by atoms with Crippen LogP contribution in [0.1, 0.15) is 29.1 Å². The molecule has 0 aliphatic heterocycles. The van der Waals surface area contributed by atoms with Crippen LogP contribution in [0.25, 0.3) is 22.4 Å². The van der Waals surface area contributed by atoms with Gasteiger partial charge < -0.3 is 10.4 Å². The SMILES string of the molecule is CC(C)Cc1sc(Nc2nccc(-c3ccccc3)c2C(=O)O)nc1-c1ccc(Cl)c(Cl)c1. The van der Waals surface area contributed by atoms with Crippen molar-refractivity contribution < 1.29 is 9.90 Å². The average molecular weight is 498 g/mol. The molecule has 168 valence electrons. The standard InChI is InChI=1S/C25H21Cl2N3O2S/c1-14(2)12-20-22(16-8-9-18(26)19(27)13-16)29-25(33-20)30-23-21(24(31)32)17(10-11-28-23)15-6-4-3-5-7-15/h3-11,13-14H,12H2,1-2H3,(H,31,32)(H,28,29,30). The first-order chi connectivity index (χ1) is 15.8. The molecule has 33 heavy (non-hydrogen) atoms. The van der Waals surface area contributed by atoms with Crippen molar-refractivity contribution in [2.45, 2.75) is 20.3 Å². The predicted molar refractivity (Wildman–Crippen MR) is 136 cm³/mol. The zero-order valence-electron chi connectivity index (χ0n) is 18.0. The van der Waals surface area contributed by atoms with Crippen molar-refractivity contribution in [2.24, 2.45) is 5.92 Å². The summed E-state index contributed by atoms with van der Waals surface area (Å²) in [5.74, 6) is -0.406. The molecule has 4 aromatic rings. The summed E-state index contributed by atoms with van der Waals surface area (Å²) in [6, 6.07) is 16.5. The van der Waals surface area contributed by atoms with Crippen LogP contribution in [0, 0.1) is 5.92 Å². The number of carboxylic acid groups (broad SMARTS) is 1. The first-order valence-corrected chi connectivity index (χ1v) is 11.9. The molecule has 2 N–H and O–H groups in total. The maximum absolute atomic E-state index is 12.2. The summed E-state index contributed by atoms with van der Waals surface area (Å²) in [5.41, 5.74) is 3.14. The van der Waals surface area contributed by atoms with Crippen LogP contribution in [-0.2, 0) is 6.42 Å². The minimum Gasteiger partial charge on any atom is -0.478 e. The van der Waals surface area contributed by atoms with E-state index in [4.69, 9.17) is 28.2 Å². The van der Waals surface area contributed by atoms with Gasteiger partial charge in [-0.3, -0.25) is 0 Å². The van der Waals surface area contributed by atoms with Crippen LogP contribution < -0.4 is 5.32 Å². The number of aromatic nitrogens is 2. The maximum Gasteiger partial charge on any atom is 0.340 e. The van der Waals surface area contributed by atoms with E-state index in [1.165, 1.54) is 11.3 Å². The van der Waals surface area contributed by atoms with E-state index in [0.717, 1.165) is 28.1 Å². The Balaban J connectivity index is 1.77. The van der Waals surface area contributed by atoms with Crippen LogP contribution in [-0.4, -0.2) is 21.0 Å². The van der Waals surface area contributed by atoms with Crippen LogP contribution in [0.3, 0.4) is 0 Å². The maximum atomic E-state index is 12.2. The van der Waals surface area contributed by atoms with Gasteiger partial charge in [-0.25, -0.2) is 14.8 Å². The monoisotopic (exact) mass is 497 g/mol. The van der Waals surface area contributed by atoms with E-state index < -0.39 is 5.97 Å². The first kappa shape index (κ1) is 23.2. The smallest absolute Gasteiger partial charge is 0.340 e. The van der Waals surface area contributed by atoms with E-state index in [1.807, 2.05) is 36.4 Å². The van der Waals surface area contributed by atoms with Crippen LogP contribution in [0.4, 0.5) is 10.9 Å². The zero-order valence-corrected chi connectivity index (χ0v) is 20.3. The molecule has 2 heterocycles. The first-order valence-electron chi connectivity index (χ1n) is 10.3. The van der Waals surface area contributed by atoms with Gasteiger partial charge in [0.05, 0.1) is 15.7 Å². The minimum absolute atomic E-state index is 0.0976. The second-order valence-electron chi connectivity index (χ2n) is 7.90. The molecule has 0 saturated carbocycles. The van der Waals surface area contributed by atoms with Gasteiger partial charge in [0.1, 0.15) is 11.4 Å². The molecule has 4 rings (SSSR count). The van der Waals surface area contributed by atoms with Crippen LogP contribution >= 0.6 is 34.5 Å². The Morgan fingerprint density at radius 3 is 2.48 bits per heavy atom. The third-order valence-corrected chi connectivity index (χ3v) is 6.69. The fourth-order valence-corrected chi connectivity index (χ4v) is 5.01. The Labute approximate surface area is 206 Å². The molecule has 2 aromatic heterocycles. The number of carbonyl (C=O) groups is 1. The summed E-state index contributed by atoms with van der Waals surface area (Å²) >= 11 is 13.8. The highest BCUT2D eigenvalue weighted by molar-refractivity contribution is 7.16. The number of benzene rings is 2. The largest absolute Gasteiger partial charge is 0.478 e. The van der Waals surface area contributed by atoms with Crippen molar-refractivity contribution in [3.8, 4) is 22.4 Å². The number of aromatic carboxylic acids is 1. The third kappa shape index (κ3) is 5.19. The van der Waals surface area contributed by atoms with Crippen molar-refractivity contribution in [3.05, 3.63) is 81.3 Å². The number of thiazole rings is 1. The van der Waals surface area contributed by atoms with Crippen LogP contribution in [0.5, 0.6) is 0 Å². The number of nitrogens with zero attached hydrogens (tertiary/aromatic N) is 2. The number of halogens is 2. The van der Waals surface area contributed by atoms with Crippen molar-refractivity contribution in [3.63, 3.8) is 0 Å². The minimum atomic E-state index is -1.06. The fourth-order valence-electron chi connectivity index (χ4n) is 3.52. The third-order valence-electron chi connectivity index (χ3n) is 4.96. The fraction of sp³-hybridized carbons (Fsp3) is 0.160. The van der Waals surface area contributed by atoms with Gasteiger partial charge >= 0.3 is 5.97 Å². The lowest BCUT2D eigenvalue weighted by Crippen LogP contribution is -2.07. The highest BCUT2D eigenvalue weighted by Gasteiger charge is 2.21. The molecule has 0 radical (unpaired) electrons. The van der Waals surface area contributed by atoms with E-state index in [9.17, 15) is 9.90 Å². The molecule has 0 fully saturated rings. The van der Waals surface area contributed by atoms with E-state index in [2.05, 4.69) is 24.1 Å². The normalized spacial score (nSPS) is 11.1. The summed E-state index contributed by atoms with van der Waals surface area (Å²) in [5, 5.41) is 14.6. The molecule has 5 nitrogen and oxygen atoms in total. The lowest BCUT2D eigenvalue weighted by atomic mass is 10.0. The summed E-state index contributed by atoms with van der Waals surface area (Å²) in [7, 11) is 0. The molecule has 0 atom stereocenters. The van der Waals surface area contributed by atoms with Gasteiger partial charge in [0.2, 0.25) is 0 Å². The van der Waals surface area contributed by atoms with Crippen molar-refractivity contribution in [2.75, 3.05) is 5.32 Å². The van der Waals surface area contributed by atoms with Gasteiger partial charge in [-0.1, -0.05) is 73.4 Å². The molecule has 0 aliphatic carbocycles. The lowest BCUT2D eigenvalue weighted by molar-refractivity contribution is 0.0698. The summed E-state index contributed by atoms with van der Waals surface area (Å²) in [6.45, 7) is 4.28. The number of rotatable bonds is 7. The number of nitrogens with one attached hydrogen (secondary N) is 1. The van der Waals surface area contributed by atoms with Gasteiger partial charge in [-0.05, 0) is 36.1 Å². The summed E-state index contributed by atoms with van der Waals surface area (Å²) < 4.78 is 0. The van der Waals surface area contributed by atoms with Crippen molar-refractivity contribution in [1.82, 2.24) is 9.97 Å². The second-order valence-corrected chi connectivity index (χ2v) is 9.79. The zero-order chi connectivity index (χ0) is 23.5. The molecule has 0 saturated heterocycles. The number of hydrogen-bond donors (Lipinski definition) is 2. The Kier molecular flexibility index (Phi) is 6.98.